The standard InChI is InChI=1S/C21H17N3O3/c25-20(14-27-18-11-10-15-6-4-5-7-16(15)12-18)22-19-13-21(26)24(23-19)17-8-2-1-3-9-17/h1-12H,13-14H2,(H,22,23,25). The number of hydrazone groups is 1. The largest absolute Gasteiger partial charge is 0.484 e. The highest BCUT2D eigenvalue weighted by atomic mass is 16.5. The summed E-state index contributed by atoms with van der Waals surface area (Å²) in [7, 11) is 0. The number of hydrogen-bond donors (Lipinski definition) is 1. The van der Waals surface area contributed by atoms with Gasteiger partial charge >= 0.3 is 0 Å². The zero-order chi connectivity index (χ0) is 18.6. The second-order valence-corrected chi connectivity index (χ2v) is 6.11. The van der Waals surface area contributed by atoms with Crippen molar-refractivity contribution in [3.05, 3.63) is 72.8 Å². The maximum absolute atomic E-state index is 12.1. The number of nitrogens with one attached hydrogen (secondary N) is 1. The van der Waals surface area contributed by atoms with Crippen LogP contribution >= 0.6 is 0 Å². The Balaban J connectivity index is 1.37. The molecule has 0 radical (unpaired) electrons. The van der Waals surface area contributed by atoms with Crippen molar-refractivity contribution in [2.45, 2.75) is 6.42 Å². The Hall–Kier alpha value is -3.67. The van der Waals surface area contributed by atoms with Gasteiger partial charge in [0.05, 0.1) is 12.1 Å². The van der Waals surface area contributed by atoms with Gasteiger partial charge in [0, 0.05) is 0 Å². The highest BCUT2D eigenvalue weighted by Crippen LogP contribution is 2.21. The lowest BCUT2D eigenvalue weighted by Crippen LogP contribution is -2.33. The summed E-state index contributed by atoms with van der Waals surface area (Å²) in [6, 6.07) is 22.7. The number of rotatable bonds is 4. The lowest BCUT2D eigenvalue weighted by Gasteiger charge is -2.10. The zero-order valence-corrected chi connectivity index (χ0v) is 14.5. The van der Waals surface area contributed by atoms with E-state index in [1.165, 1.54) is 5.01 Å². The molecule has 134 valence electrons. The molecule has 0 unspecified atom stereocenters. The number of carbonyl (C=O) groups excluding carboxylic acids is 2. The summed E-state index contributed by atoms with van der Waals surface area (Å²) in [5.41, 5.74) is 0.666. The normalized spacial score (nSPS) is 13.6. The van der Waals surface area contributed by atoms with E-state index in [1.54, 1.807) is 12.1 Å². The molecule has 3 aromatic carbocycles. The summed E-state index contributed by atoms with van der Waals surface area (Å²) < 4.78 is 5.56. The van der Waals surface area contributed by atoms with Crippen molar-refractivity contribution < 1.29 is 14.3 Å². The van der Waals surface area contributed by atoms with Crippen LogP contribution in [0, 0.1) is 0 Å². The molecule has 2 amide bonds. The first-order chi connectivity index (χ1) is 13.2. The first-order valence-electron chi connectivity index (χ1n) is 8.56. The minimum atomic E-state index is -0.357. The Bertz CT molecular complexity index is 1030. The van der Waals surface area contributed by atoms with Crippen LogP contribution in [-0.4, -0.2) is 24.3 Å². The molecule has 6 heteroatoms. The Labute approximate surface area is 156 Å². The van der Waals surface area contributed by atoms with Gasteiger partial charge < -0.3 is 10.1 Å². The van der Waals surface area contributed by atoms with Crippen LogP contribution in [0.15, 0.2) is 77.9 Å². The van der Waals surface area contributed by atoms with E-state index in [9.17, 15) is 9.59 Å². The van der Waals surface area contributed by atoms with Crippen LogP contribution in [0.3, 0.4) is 0 Å². The monoisotopic (exact) mass is 359 g/mol. The molecule has 1 aliphatic rings. The predicted octanol–water partition coefficient (Wildman–Crippen LogP) is 3.09. The number of hydrogen-bond acceptors (Lipinski definition) is 4. The number of amides is 2. The van der Waals surface area contributed by atoms with Crippen LogP contribution in [0.2, 0.25) is 0 Å². The number of amidine groups is 1. The van der Waals surface area contributed by atoms with Crippen molar-refractivity contribution in [3.8, 4) is 5.75 Å². The van der Waals surface area contributed by atoms with Crippen LogP contribution in [0.5, 0.6) is 5.75 Å². The van der Waals surface area contributed by atoms with Crippen molar-refractivity contribution in [1.82, 2.24) is 5.32 Å². The van der Waals surface area contributed by atoms with Crippen molar-refractivity contribution in [2.24, 2.45) is 5.10 Å². The fraction of sp³-hybridized carbons (Fsp3) is 0.0952. The topological polar surface area (TPSA) is 71.0 Å². The second-order valence-electron chi connectivity index (χ2n) is 6.11. The molecule has 0 saturated carbocycles. The van der Waals surface area contributed by atoms with Crippen molar-refractivity contribution in [3.63, 3.8) is 0 Å². The van der Waals surface area contributed by atoms with Gasteiger partial charge in [-0.15, -0.1) is 0 Å². The van der Waals surface area contributed by atoms with Gasteiger partial charge in [0.2, 0.25) is 0 Å². The number of ether oxygens (including phenoxy) is 1. The van der Waals surface area contributed by atoms with Gasteiger partial charge in [-0.25, -0.2) is 0 Å². The molecule has 0 spiro atoms. The van der Waals surface area contributed by atoms with Gasteiger partial charge in [-0.1, -0.05) is 48.5 Å². The lowest BCUT2D eigenvalue weighted by atomic mass is 10.1. The fourth-order valence-electron chi connectivity index (χ4n) is 2.87. The number of para-hydroxylation sites is 1. The summed E-state index contributed by atoms with van der Waals surface area (Å²) in [5.74, 6) is 0.381. The highest BCUT2D eigenvalue weighted by Gasteiger charge is 2.26. The molecule has 0 bridgehead atoms. The Kier molecular flexibility index (Phi) is 4.53. The molecule has 3 aromatic rings. The van der Waals surface area contributed by atoms with Crippen molar-refractivity contribution in [1.29, 1.82) is 0 Å². The van der Waals surface area contributed by atoms with E-state index in [1.807, 2.05) is 60.7 Å². The number of carbonyl (C=O) groups is 2. The van der Waals surface area contributed by atoms with Gasteiger partial charge in [-0.05, 0) is 35.0 Å². The smallest absolute Gasteiger partial charge is 0.263 e. The average molecular weight is 359 g/mol. The van der Waals surface area contributed by atoms with E-state index >= 15 is 0 Å². The molecule has 0 fully saturated rings. The van der Waals surface area contributed by atoms with Crippen LogP contribution in [-0.2, 0) is 9.59 Å². The molecule has 0 saturated heterocycles. The molecule has 0 aliphatic carbocycles. The maximum atomic E-state index is 12.1. The van der Waals surface area contributed by atoms with Crippen LogP contribution in [0.4, 0.5) is 5.69 Å². The quantitative estimate of drug-likeness (QED) is 0.778. The van der Waals surface area contributed by atoms with Crippen LogP contribution in [0.25, 0.3) is 10.8 Å². The van der Waals surface area contributed by atoms with Crippen molar-refractivity contribution >= 4 is 34.1 Å². The minimum absolute atomic E-state index is 0.0522. The molecule has 0 atom stereocenters. The van der Waals surface area contributed by atoms with Gasteiger partial charge in [-0.3, -0.25) is 9.59 Å². The van der Waals surface area contributed by atoms with Crippen LogP contribution < -0.4 is 15.1 Å². The summed E-state index contributed by atoms with van der Waals surface area (Å²) in [6.45, 7) is -0.156. The SMILES string of the molecule is O=C(COc1ccc2ccccc2c1)NC1=NN(c2ccccc2)C(=O)C1. The molecule has 1 heterocycles. The maximum Gasteiger partial charge on any atom is 0.263 e. The molecular formula is C21H17N3O3. The zero-order valence-electron chi connectivity index (χ0n) is 14.5. The van der Waals surface area contributed by atoms with Gasteiger partial charge in [-0.2, -0.15) is 10.1 Å². The Morgan fingerprint density at radius 1 is 1.00 bits per heavy atom. The molecule has 4 rings (SSSR count). The van der Waals surface area contributed by atoms with Gasteiger partial charge in [0.15, 0.2) is 6.61 Å². The number of benzene rings is 3. The third-order valence-electron chi connectivity index (χ3n) is 4.15. The third kappa shape index (κ3) is 3.79. The molecule has 1 N–H and O–H groups in total. The first-order valence-corrected chi connectivity index (χ1v) is 8.56. The van der Waals surface area contributed by atoms with E-state index in [4.69, 9.17) is 4.74 Å². The summed E-state index contributed by atoms with van der Waals surface area (Å²) >= 11 is 0. The highest BCUT2D eigenvalue weighted by molar-refractivity contribution is 6.15. The predicted molar refractivity (Wildman–Crippen MR) is 104 cm³/mol. The van der Waals surface area contributed by atoms with E-state index in [2.05, 4.69) is 10.4 Å². The molecule has 0 aromatic heterocycles. The van der Waals surface area contributed by atoms with Gasteiger partial charge in [0.1, 0.15) is 11.6 Å². The lowest BCUT2D eigenvalue weighted by molar-refractivity contribution is -0.121. The first kappa shape index (κ1) is 16.8. The Morgan fingerprint density at radius 2 is 1.74 bits per heavy atom. The van der Waals surface area contributed by atoms with Crippen LogP contribution in [0.1, 0.15) is 6.42 Å². The second kappa shape index (κ2) is 7.29. The third-order valence-corrected chi connectivity index (χ3v) is 4.15. The average Bonchev–Trinajstić information content (AvgIpc) is 3.07. The van der Waals surface area contributed by atoms with E-state index < -0.39 is 0 Å². The number of anilines is 1. The van der Waals surface area contributed by atoms with Gasteiger partial charge in [0.25, 0.3) is 11.8 Å². The Morgan fingerprint density at radius 3 is 2.56 bits per heavy atom. The summed E-state index contributed by atoms with van der Waals surface area (Å²) in [6.07, 6.45) is 0.0522. The molecule has 27 heavy (non-hydrogen) atoms. The fourth-order valence-corrected chi connectivity index (χ4v) is 2.87. The summed E-state index contributed by atoms with van der Waals surface area (Å²) in [5, 5.41) is 10.3. The number of fused-ring (bicyclic) bond motifs is 1. The van der Waals surface area contributed by atoms with E-state index in [-0.39, 0.29) is 24.8 Å². The molecular weight excluding hydrogens is 342 g/mol. The van der Waals surface area contributed by atoms with E-state index in [0.29, 0.717) is 17.3 Å². The van der Waals surface area contributed by atoms with E-state index in [0.717, 1.165) is 10.8 Å². The minimum Gasteiger partial charge on any atom is -0.484 e. The summed E-state index contributed by atoms with van der Waals surface area (Å²) in [4.78, 5) is 24.2. The molecule has 6 nitrogen and oxygen atoms in total. The van der Waals surface area contributed by atoms with Crippen molar-refractivity contribution in [2.75, 3.05) is 11.6 Å². The molecule has 1 aliphatic heterocycles. The number of nitrogens with zero attached hydrogens (tertiary/aromatic N) is 2.